The van der Waals surface area contributed by atoms with E-state index >= 15 is 0 Å². The lowest BCUT2D eigenvalue weighted by atomic mass is 10.1. The number of imidazole rings is 1. The van der Waals surface area contributed by atoms with Gasteiger partial charge in [0.15, 0.2) is 0 Å². The lowest BCUT2D eigenvalue weighted by Crippen LogP contribution is -2.49. The number of piperazine rings is 1. The second kappa shape index (κ2) is 7.06. The Morgan fingerprint density at radius 1 is 1.46 bits per heavy atom. The second-order valence-electron chi connectivity index (χ2n) is 5.76. The van der Waals surface area contributed by atoms with Crippen LogP contribution in [0.1, 0.15) is 11.9 Å². The smallest absolute Gasteiger partial charge is 0.238 e. The van der Waals surface area contributed by atoms with Gasteiger partial charge in [-0.05, 0) is 12.1 Å². The van der Waals surface area contributed by atoms with Gasteiger partial charge in [-0.3, -0.25) is 9.69 Å². The van der Waals surface area contributed by atoms with Crippen LogP contribution >= 0.6 is 0 Å². The van der Waals surface area contributed by atoms with E-state index in [0.717, 1.165) is 30.6 Å². The van der Waals surface area contributed by atoms with E-state index in [4.69, 9.17) is 0 Å². The zero-order valence-electron chi connectivity index (χ0n) is 13.3. The maximum atomic E-state index is 13.6. The molecule has 2 heterocycles. The first-order valence-electron chi connectivity index (χ1n) is 7.71. The molecule has 3 rings (SSSR count). The molecule has 128 valence electrons. The number of carbonyl (C=O) groups excluding carboxylic acids is 1. The standard InChI is InChI=1S/C16H19F2N5O/c1-22-6-5-20-16(22)14-9-19-4-7-23(14)10-15(24)21-13-8-11(17)2-3-12(13)18/h2-3,5-6,8,14,19H,4,7,9-10H2,1H3,(H,21,24). The highest BCUT2D eigenvalue weighted by atomic mass is 19.1. The Morgan fingerprint density at radius 3 is 3.04 bits per heavy atom. The number of rotatable bonds is 4. The number of hydrogen-bond donors (Lipinski definition) is 2. The molecule has 0 bridgehead atoms. The predicted molar refractivity (Wildman–Crippen MR) is 85.4 cm³/mol. The van der Waals surface area contributed by atoms with E-state index in [1.165, 1.54) is 0 Å². The summed E-state index contributed by atoms with van der Waals surface area (Å²) in [6.45, 7) is 2.17. The van der Waals surface area contributed by atoms with Gasteiger partial charge in [0.2, 0.25) is 5.91 Å². The fourth-order valence-electron chi connectivity index (χ4n) is 2.86. The quantitative estimate of drug-likeness (QED) is 0.884. The molecule has 2 N–H and O–H groups in total. The molecule has 1 fully saturated rings. The van der Waals surface area contributed by atoms with E-state index in [2.05, 4.69) is 15.6 Å². The summed E-state index contributed by atoms with van der Waals surface area (Å²) in [5.41, 5.74) is -0.149. The molecule has 0 spiro atoms. The number of aryl methyl sites for hydroxylation is 1. The average Bonchev–Trinajstić information content (AvgIpc) is 2.97. The number of benzene rings is 1. The molecule has 6 nitrogen and oxygen atoms in total. The number of amides is 1. The highest BCUT2D eigenvalue weighted by molar-refractivity contribution is 5.92. The summed E-state index contributed by atoms with van der Waals surface area (Å²) >= 11 is 0. The van der Waals surface area contributed by atoms with Gasteiger partial charge in [-0.25, -0.2) is 13.8 Å². The second-order valence-corrected chi connectivity index (χ2v) is 5.76. The zero-order chi connectivity index (χ0) is 17.1. The number of hydrogen-bond acceptors (Lipinski definition) is 4. The number of carbonyl (C=O) groups is 1. The van der Waals surface area contributed by atoms with Gasteiger partial charge in [-0.2, -0.15) is 0 Å². The molecular formula is C16H19F2N5O. The van der Waals surface area contributed by atoms with Gasteiger partial charge in [0.05, 0.1) is 18.3 Å². The van der Waals surface area contributed by atoms with Gasteiger partial charge in [-0.15, -0.1) is 0 Å². The fourth-order valence-corrected chi connectivity index (χ4v) is 2.86. The summed E-state index contributed by atoms with van der Waals surface area (Å²) in [5.74, 6) is -0.794. The summed E-state index contributed by atoms with van der Waals surface area (Å²) in [4.78, 5) is 18.6. The van der Waals surface area contributed by atoms with Gasteiger partial charge in [0.25, 0.3) is 0 Å². The van der Waals surface area contributed by atoms with Crippen molar-refractivity contribution in [3.05, 3.63) is 48.1 Å². The van der Waals surface area contributed by atoms with Crippen molar-refractivity contribution in [2.24, 2.45) is 7.05 Å². The van der Waals surface area contributed by atoms with E-state index < -0.39 is 11.6 Å². The molecule has 1 aromatic heterocycles. The first-order valence-corrected chi connectivity index (χ1v) is 7.71. The lowest BCUT2D eigenvalue weighted by molar-refractivity contribution is -0.118. The van der Waals surface area contributed by atoms with Crippen molar-refractivity contribution in [3.63, 3.8) is 0 Å². The van der Waals surface area contributed by atoms with Gasteiger partial charge in [0.1, 0.15) is 17.5 Å². The first-order chi connectivity index (χ1) is 11.5. The number of nitrogens with one attached hydrogen (secondary N) is 2. The van der Waals surface area contributed by atoms with Gasteiger partial charge < -0.3 is 15.2 Å². The summed E-state index contributed by atoms with van der Waals surface area (Å²) in [6, 6.07) is 2.92. The lowest BCUT2D eigenvalue weighted by Gasteiger charge is -2.35. The molecule has 0 radical (unpaired) electrons. The van der Waals surface area contributed by atoms with E-state index in [-0.39, 0.29) is 24.2 Å². The number of nitrogens with zero attached hydrogens (tertiary/aromatic N) is 3. The monoisotopic (exact) mass is 335 g/mol. The Labute approximate surface area is 138 Å². The molecular weight excluding hydrogens is 316 g/mol. The fraction of sp³-hybridized carbons (Fsp3) is 0.375. The molecule has 1 unspecified atom stereocenters. The van der Waals surface area contributed by atoms with Crippen molar-refractivity contribution >= 4 is 11.6 Å². The Bertz CT molecular complexity index is 733. The van der Waals surface area contributed by atoms with Crippen LogP contribution in [-0.4, -0.2) is 46.5 Å². The minimum Gasteiger partial charge on any atom is -0.337 e. The molecule has 1 aromatic carbocycles. The molecule has 1 aliphatic rings. The SMILES string of the molecule is Cn1ccnc1C1CNCCN1CC(=O)Nc1cc(F)ccc1F. The molecule has 1 amide bonds. The molecule has 1 saturated heterocycles. The van der Waals surface area contributed by atoms with Crippen LogP contribution in [0.15, 0.2) is 30.6 Å². The van der Waals surface area contributed by atoms with Gasteiger partial charge >= 0.3 is 0 Å². The van der Waals surface area contributed by atoms with Crippen LogP contribution in [0.4, 0.5) is 14.5 Å². The van der Waals surface area contributed by atoms with Gasteiger partial charge in [0, 0.05) is 45.1 Å². The van der Waals surface area contributed by atoms with Gasteiger partial charge in [-0.1, -0.05) is 0 Å². The molecule has 1 atom stereocenters. The highest BCUT2D eigenvalue weighted by Crippen LogP contribution is 2.21. The van der Waals surface area contributed by atoms with E-state index in [0.29, 0.717) is 13.1 Å². The molecule has 8 heteroatoms. The highest BCUT2D eigenvalue weighted by Gasteiger charge is 2.28. The minimum atomic E-state index is -0.661. The van der Waals surface area contributed by atoms with Crippen LogP contribution < -0.4 is 10.6 Å². The molecule has 2 aromatic rings. The Hall–Kier alpha value is -2.32. The maximum absolute atomic E-state index is 13.6. The van der Waals surface area contributed by atoms with Crippen LogP contribution in [0.5, 0.6) is 0 Å². The van der Waals surface area contributed by atoms with Crippen LogP contribution in [-0.2, 0) is 11.8 Å². The summed E-state index contributed by atoms with van der Waals surface area (Å²) in [6.07, 6.45) is 3.56. The van der Waals surface area contributed by atoms with E-state index in [9.17, 15) is 13.6 Å². The molecule has 24 heavy (non-hydrogen) atoms. The van der Waals surface area contributed by atoms with E-state index in [1.54, 1.807) is 6.20 Å². The third-order valence-corrected chi connectivity index (χ3v) is 4.06. The maximum Gasteiger partial charge on any atom is 0.238 e. The zero-order valence-corrected chi connectivity index (χ0v) is 13.3. The summed E-state index contributed by atoms with van der Waals surface area (Å²) < 4.78 is 28.8. The topological polar surface area (TPSA) is 62.2 Å². The molecule has 1 aliphatic heterocycles. The minimum absolute atomic E-state index is 0.0538. The van der Waals surface area contributed by atoms with Crippen molar-refractivity contribution in [3.8, 4) is 0 Å². The third kappa shape index (κ3) is 3.60. The number of anilines is 1. The van der Waals surface area contributed by atoms with Crippen LogP contribution in [0.25, 0.3) is 0 Å². The summed E-state index contributed by atoms with van der Waals surface area (Å²) in [5, 5.41) is 5.72. The largest absolute Gasteiger partial charge is 0.337 e. The summed E-state index contributed by atoms with van der Waals surface area (Å²) in [7, 11) is 1.90. The first kappa shape index (κ1) is 16.5. The van der Waals surface area contributed by atoms with Crippen molar-refractivity contribution in [1.82, 2.24) is 19.8 Å². The van der Waals surface area contributed by atoms with E-state index in [1.807, 2.05) is 22.7 Å². The van der Waals surface area contributed by atoms with Crippen LogP contribution in [0.2, 0.25) is 0 Å². The molecule has 0 aliphatic carbocycles. The number of halogens is 2. The van der Waals surface area contributed by atoms with Crippen molar-refractivity contribution < 1.29 is 13.6 Å². The Balaban J connectivity index is 1.70. The van der Waals surface area contributed by atoms with Crippen LogP contribution in [0.3, 0.4) is 0 Å². The van der Waals surface area contributed by atoms with Crippen molar-refractivity contribution in [2.45, 2.75) is 6.04 Å². The third-order valence-electron chi connectivity index (χ3n) is 4.06. The molecule has 0 saturated carbocycles. The van der Waals surface area contributed by atoms with Crippen molar-refractivity contribution in [2.75, 3.05) is 31.5 Å². The average molecular weight is 335 g/mol. The predicted octanol–water partition coefficient (Wildman–Crippen LogP) is 1.28. The Morgan fingerprint density at radius 2 is 2.29 bits per heavy atom. The Kier molecular flexibility index (Phi) is 4.86. The van der Waals surface area contributed by atoms with Crippen LogP contribution in [0, 0.1) is 11.6 Å². The van der Waals surface area contributed by atoms with Crippen molar-refractivity contribution in [1.29, 1.82) is 0 Å². The normalized spacial score (nSPS) is 18.5. The number of aromatic nitrogens is 2.